The Morgan fingerprint density at radius 2 is 1.75 bits per heavy atom. The van der Waals surface area contributed by atoms with Crippen LogP contribution in [0.25, 0.3) is 10.2 Å². The normalized spacial score (nSPS) is 15.4. The lowest BCUT2D eigenvalue weighted by molar-refractivity contribution is 0.0837. The molecule has 6 nitrogen and oxygen atoms in total. The predicted octanol–water partition coefficient (Wildman–Crippen LogP) is 3.76. The minimum absolute atomic E-state index is 0.0580. The topological polar surface area (TPSA) is 64.3 Å². The Bertz CT molecular complexity index is 1200. The van der Waals surface area contributed by atoms with Gasteiger partial charge in [0.1, 0.15) is 10.6 Å². The lowest BCUT2D eigenvalue weighted by Gasteiger charge is -2.31. The number of carbonyl (C=O) groups excluding carboxylic acids is 1. The number of hydrogen-bond donors (Lipinski definition) is 0. The molecule has 0 bridgehead atoms. The van der Waals surface area contributed by atoms with Crippen molar-refractivity contribution in [2.45, 2.75) is 45.7 Å². The van der Waals surface area contributed by atoms with Crippen LogP contribution in [0.5, 0.6) is 0 Å². The summed E-state index contributed by atoms with van der Waals surface area (Å²) in [7, 11) is 0. The number of aryl methyl sites for hydroxylation is 1. The van der Waals surface area contributed by atoms with Crippen LogP contribution in [0.1, 0.15) is 43.0 Å². The van der Waals surface area contributed by atoms with Crippen molar-refractivity contribution < 1.29 is 9.18 Å². The fourth-order valence-electron chi connectivity index (χ4n) is 4.36. The van der Waals surface area contributed by atoms with Gasteiger partial charge in [-0.3, -0.25) is 18.7 Å². The number of halogens is 1. The SMILES string of the molecule is CCCCn1c(=O)n(CCN2CCC(C(=O)c3ccc(F)cc3)CC2)c(=O)c2ccsc21. The largest absolute Gasteiger partial charge is 0.332 e. The Kier molecular flexibility index (Phi) is 7.01. The van der Waals surface area contributed by atoms with Crippen molar-refractivity contribution >= 4 is 27.3 Å². The number of piperidine rings is 1. The lowest BCUT2D eigenvalue weighted by atomic mass is 9.89. The first-order valence-corrected chi connectivity index (χ1v) is 12.1. The molecule has 1 aromatic carbocycles. The number of ketones is 1. The monoisotopic (exact) mass is 457 g/mol. The van der Waals surface area contributed by atoms with E-state index in [1.54, 1.807) is 22.8 Å². The third kappa shape index (κ3) is 4.61. The van der Waals surface area contributed by atoms with Crippen LogP contribution < -0.4 is 11.2 Å². The number of aromatic nitrogens is 2. The zero-order chi connectivity index (χ0) is 22.7. The Morgan fingerprint density at radius 1 is 1.03 bits per heavy atom. The van der Waals surface area contributed by atoms with Gasteiger partial charge in [-0.1, -0.05) is 13.3 Å². The second-order valence-corrected chi connectivity index (χ2v) is 9.27. The summed E-state index contributed by atoms with van der Waals surface area (Å²) in [6.45, 7) is 5.09. The van der Waals surface area contributed by atoms with Gasteiger partial charge in [-0.05, 0) is 68.1 Å². The maximum Gasteiger partial charge on any atom is 0.332 e. The second kappa shape index (κ2) is 9.92. The number of benzene rings is 1. The molecule has 0 saturated carbocycles. The summed E-state index contributed by atoms with van der Waals surface area (Å²) in [5, 5.41) is 2.47. The van der Waals surface area contributed by atoms with E-state index in [9.17, 15) is 18.8 Å². The van der Waals surface area contributed by atoms with Gasteiger partial charge in [-0.2, -0.15) is 0 Å². The molecule has 3 heterocycles. The summed E-state index contributed by atoms with van der Waals surface area (Å²) in [5.41, 5.74) is 0.0910. The van der Waals surface area contributed by atoms with Crippen LogP contribution in [0, 0.1) is 11.7 Å². The minimum Gasteiger partial charge on any atom is -0.302 e. The highest BCUT2D eigenvalue weighted by Gasteiger charge is 2.26. The van der Waals surface area contributed by atoms with E-state index in [1.807, 2.05) is 5.38 Å². The molecule has 1 aliphatic rings. The summed E-state index contributed by atoms with van der Waals surface area (Å²) in [5.74, 6) is -0.364. The van der Waals surface area contributed by atoms with E-state index in [0.717, 1.165) is 43.6 Å². The zero-order valence-corrected chi connectivity index (χ0v) is 19.1. The molecule has 32 heavy (non-hydrogen) atoms. The standard InChI is InChI=1S/C24H28FN3O3S/c1-2-3-11-28-23-20(10-16-32-23)22(30)27(24(28)31)15-14-26-12-8-18(9-13-26)21(29)17-4-6-19(25)7-5-17/h4-7,10,16,18H,2-3,8-9,11-15H2,1H3. The molecular weight excluding hydrogens is 429 g/mol. The number of nitrogens with zero attached hydrogens (tertiary/aromatic N) is 3. The number of carbonyl (C=O) groups is 1. The Labute approximate surface area is 189 Å². The molecule has 0 N–H and O–H groups in total. The van der Waals surface area contributed by atoms with Gasteiger partial charge >= 0.3 is 5.69 Å². The van der Waals surface area contributed by atoms with Gasteiger partial charge in [0.25, 0.3) is 5.56 Å². The van der Waals surface area contributed by atoms with Gasteiger partial charge in [0.2, 0.25) is 0 Å². The molecule has 0 amide bonds. The molecule has 0 aliphatic carbocycles. The molecule has 2 aromatic heterocycles. The first-order valence-electron chi connectivity index (χ1n) is 11.2. The van der Waals surface area contributed by atoms with Crippen LogP contribution in [-0.2, 0) is 13.1 Å². The van der Waals surface area contributed by atoms with Gasteiger partial charge in [0, 0.05) is 31.1 Å². The average molecular weight is 458 g/mol. The van der Waals surface area contributed by atoms with Crippen LogP contribution in [0.3, 0.4) is 0 Å². The van der Waals surface area contributed by atoms with Crippen LogP contribution >= 0.6 is 11.3 Å². The molecule has 4 rings (SSSR count). The van der Waals surface area contributed by atoms with Crippen molar-refractivity contribution in [1.29, 1.82) is 0 Å². The van der Waals surface area contributed by atoms with E-state index >= 15 is 0 Å². The maximum atomic E-state index is 13.1. The highest BCUT2D eigenvalue weighted by molar-refractivity contribution is 7.16. The van der Waals surface area contributed by atoms with E-state index in [0.29, 0.717) is 30.6 Å². The molecule has 8 heteroatoms. The molecular formula is C24H28FN3O3S. The molecule has 0 radical (unpaired) electrons. The highest BCUT2D eigenvalue weighted by Crippen LogP contribution is 2.22. The number of unbranched alkanes of at least 4 members (excludes halogenated alkanes) is 1. The molecule has 3 aromatic rings. The number of likely N-dealkylation sites (tertiary alicyclic amines) is 1. The Hall–Kier alpha value is -2.58. The van der Waals surface area contributed by atoms with Gasteiger partial charge in [-0.25, -0.2) is 9.18 Å². The summed E-state index contributed by atoms with van der Waals surface area (Å²) < 4.78 is 16.2. The number of thiophene rings is 1. The zero-order valence-electron chi connectivity index (χ0n) is 18.3. The molecule has 1 saturated heterocycles. The van der Waals surface area contributed by atoms with Gasteiger partial charge in [0.05, 0.1) is 5.39 Å². The summed E-state index contributed by atoms with van der Waals surface area (Å²) >= 11 is 1.44. The van der Waals surface area contributed by atoms with E-state index in [2.05, 4.69) is 11.8 Å². The second-order valence-electron chi connectivity index (χ2n) is 8.37. The quantitative estimate of drug-likeness (QED) is 0.483. The maximum absolute atomic E-state index is 13.1. The van der Waals surface area contributed by atoms with Crippen molar-refractivity contribution in [3.05, 3.63) is 67.9 Å². The predicted molar refractivity (Wildman–Crippen MR) is 125 cm³/mol. The minimum atomic E-state index is -0.346. The molecule has 0 unspecified atom stereocenters. The van der Waals surface area contributed by atoms with Crippen LogP contribution in [-0.4, -0.2) is 39.5 Å². The first-order chi connectivity index (χ1) is 15.5. The average Bonchev–Trinajstić information content (AvgIpc) is 3.29. The molecule has 170 valence electrons. The Morgan fingerprint density at radius 3 is 2.44 bits per heavy atom. The Balaban J connectivity index is 1.41. The van der Waals surface area contributed by atoms with E-state index in [1.165, 1.54) is 28.0 Å². The van der Waals surface area contributed by atoms with E-state index < -0.39 is 0 Å². The fraction of sp³-hybridized carbons (Fsp3) is 0.458. The van der Waals surface area contributed by atoms with Gasteiger partial charge in [0.15, 0.2) is 5.78 Å². The first kappa shape index (κ1) is 22.6. The van der Waals surface area contributed by atoms with E-state index in [4.69, 9.17) is 0 Å². The van der Waals surface area contributed by atoms with Gasteiger partial charge < -0.3 is 4.90 Å². The number of hydrogen-bond acceptors (Lipinski definition) is 5. The summed E-state index contributed by atoms with van der Waals surface area (Å²) in [4.78, 5) is 41.6. The van der Waals surface area contributed by atoms with Gasteiger partial charge in [-0.15, -0.1) is 11.3 Å². The van der Waals surface area contributed by atoms with Crippen molar-refractivity contribution in [2.24, 2.45) is 5.92 Å². The smallest absolute Gasteiger partial charge is 0.302 e. The van der Waals surface area contributed by atoms with E-state index in [-0.39, 0.29) is 28.8 Å². The third-order valence-corrected chi connectivity index (χ3v) is 7.23. The van der Waals surface area contributed by atoms with Crippen molar-refractivity contribution in [3.63, 3.8) is 0 Å². The molecule has 0 spiro atoms. The van der Waals surface area contributed by atoms with Crippen molar-refractivity contribution in [1.82, 2.24) is 14.0 Å². The molecule has 0 atom stereocenters. The van der Waals surface area contributed by atoms with Crippen LogP contribution in [0.4, 0.5) is 4.39 Å². The fourth-order valence-corrected chi connectivity index (χ4v) is 5.27. The van der Waals surface area contributed by atoms with Crippen LogP contribution in [0.15, 0.2) is 45.3 Å². The molecule has 1 aliphatic heterocycles. The number of Topliss-reactive ketones (excluding diaryl/α,β-unsaturated/α-hetero) is 1. The van der Waals surface area contributed by atoms with Crippen molar-refractivity contribution in [3.8, 4) is 0 Å². The van der Waals surface area contributed by atoms with Crippen LogP contribution in [0.2, 0.25) is 0 Å². The number of rotatable bonds is 8. The highest BCUT2D eigenvalue weighted by atomic mass is 32.1. The van der Waals surface area contributed by atoms with Crippen molar-refractivity contribution in [2.75, 3.05) is 19.6 Å². The lowest BCUT2D eigenvalue weighted by Crippen LogP contribution is -2.44. The summed E-state index contributed by atoms with van der Waals surface area (Å²) in [6, 6.07) is 7.52. The third-order valence-electron chi connectivity index (χ3n) is 6.29. The number of fused-ring (bicyclic) bond motifs is 1. The molecule has 1 fully saturated rings. The summed E-state index contributed by atoms with van der Waals surface area (Å²) in [6.07, 6.45) is 3.30.